The van der Waals surface area contributed by atoms with Crippen molar-refractivity contribution in [2.24, 2.45) is 0 Å². The standard InChI is InChI=1S/C13H13N3O3S/c1-19-11-5-9(4-10(6-11)16(17)18)8-20-12-2-3-13(14)15-7-12/h2-7H,8H2,1H3,(H2,14,15). The van der Waals surface area contributed by atoms with Crippen molar-refractivity contribution >= 4 is 23.3 Å². The average molecular weight is 291 g/mol. The van der Waals surface area contributed by atoms with E-state index in [1.54, 1.807) is 24.4 Å². The lowest BCUT2D eigenvalue weighted by Crippen LogP contribution is -1.93. The quantitative estimate of drug-likeness (QED) is 0.517. The van der Waals surface area contributed by atoms with Crippen molar-refractivity contribution in [2.75, 3.05) is 12.8 Å². The molecule has 0 unspecified atom stereocenters. The fourth-order valence-electron chi connectivity index (χ4n) is 1.59. The summed E-state index contributed by atoms with van der Waals surface area (Å²) in [5, 5.41) is 10.9. The van der Waals surface area contributed by atoms with Gasteiger partial charge in [-0.1, -0.05) is 0 Å². The van der Waals surface area contributed by atoms with Gasteiger partial charge in [0.2, 0.25) is 0 Å². The second-order valence-corrected chi connectivity index (χ2v) is 5.05. The number of thioether (sulfide) groups is 1. The fourth-order valence-corrected chi connectivity index (χ4v) is 2.39. The zero-order chi connectivity index (χ0) is 14.5. The number of pyridine rings is 1. The maximum atomic E-state index is 10.9. The van der Waals surface area contributed by atoms with Crippen LogP contribution in [0.4, 0.5) is 11.5 Å². The van der Waals surface area contributed by atoms with E-state index >= 15 is 0 Å². The first kappa shape index (κ1) is 14.1. The van der Waals surface area contributed by atoms with Crippen LogP contribution in [0.5, 0.6) is 5.75 Å². The minimum Gasteiger partial charge on any atom is -0.496 e. The van der Waals surface area contributed by atoms with Crippen molar-refractivity contribution in [3.8, 4) is 5.75 Å². The summed E-state index contributed by atoms with van der Waals surface area (Å²) in [7, 11) is 1.49. The molecule has 0 saturated carbocycles. The van der Waals surface area contributed by atoms with Crippen LogP contribution in [0.3, 0.4) is 0 Å². The van der Waals surface area contributed by atoms with Gasteiger partial charge in [0.25, 0.3) is 5.69 Å². The van der Waals surface area contributed by atoms with Crippen LogP contribution >= 0.6 is 11.8 Å². The number of non-ortho nitro benzene ring substituents is 1. The first-order valence-corrected chi connectivity index (χ1v) is 6.73. The molecule has 6 nitrogen and oxygen atoms in total. The fraction of sp³-hybridized carbons (Fsp3) is 0.154. The Kier molecular flexibility index (Phi) is 4.41. The summed E-state index contributed by atoms with van der Waals surface area (Å²) in [5.41, 5.74) is 6.35. The van der Waals surface area contributed by atoms with Gasteiger partial charge in [0.05, 0.1) is 18.1 Å². The first-order valence-electron chi connectivity index (χ1n) is 5.75. The summed E-state index contributed by atoms with van der Waals surface area (Å²) in [6.07, 6.45) is 1.68. The highest BCUT2D eigenvalue weighted by Gasteiger charge is 2.10. The van der Waals surface area contributed by atoms with Crippen molar-refractivity contribution < 1.29 is 9.66 Å². The van der Waals surface area contributed by atoms with E-state index in [0.717, 1.165) is 10.5 Å². The van der Waals surface area contributed by atoms with E-state index in [1.807, 2.05) is 6.07 Å². The lowest BCUT2D eigenvalue weighted by atomic mass is 10.2. The van der Waals surface area contributed by atoms with Crippen LogP contribution in [0.1, 0.15) is 5.56 Å². The minimum absolute atomic E-state index is 0.0235. The number of rotatable bonds is 5. The Labute approximate surface area is 120 Å². The summed E-state index contributed by atoms with van der Waals surface area (Å²) in [6, 6.07) is 8.31. The van der Waals surface area contributed by atoms with Gasteiger partial charge >= 0.3 is 0 Å². The smallest absolute Gasteiger partial charge is 0.273 e. The highest BCUT2D eigenvalue weighted by Crippen LogP contribution is 2.28. The molecule has 0 atom stereocenters. The highest BCUT2D eigenvalue weighted by molar-refractivity contribution is 7.98. The number of aromatic nitrogens is 1. The Morgan fingerprint density at radius 1 is 1.40 bits per heavy atom. The maximum absolute atomic E-state index is 10.9. The van der Waals surface area contributed by atoms with E-state index in [2.05, 4.69) is 4.98 Å². The molecule has 0 aliphatic rings. The molecule has 2 aromatic rings. The van der Waals surface area contributed by atoms with Gasteiger partial charge in [0.1, 0.15) is 11.6 Å². The largest absolute Gasteiger partial charge is 0.496 e. The van der Waals surface area contributed by atoms with Crippen molar-refractivity contribution in [1.82, 2.24) is 4.98 Å². The lowest BCUT2D eigenvalue weighted by molar-refractivity contribution is -0.385. The molecule has 0 spiro atoms. The molecule has 104 valence electrons. The van der Waals surface area contributed by atoms with Crippen LogP contribution in [-0.2, 0) is 5.75 Å². The molecule has 0 saturated heterocycles. The minimum atomic E-state index is -0.429. The zero-order valence-electron chi connectivity index (χ0n) is 10.8. The van der Waals surface area contributed by atoms with Crippen molar-refractivity contribution in [1.29, 1.82) is 0 Å². The summed E-state index contributed by atoms with van der Waals surface area (Å²) >= 11 is 1.53. The zero-order valence-corrected chi connectivity index (χ0v) is 11.6. The van der Waals surface area contributed by atoms with E-state index in [-0.39, 0.29) is 5.69 Å². The highest BCUT2D eigenvalue weighted by atomic mass is 32.2. The maximum Gasteiger partial charge on any atom is 0.273 e. The molecule has 0 aliphatic carbocycles. The van der Waals surface area contributed by atoms with E-state index in [4.69, 9.17) is 10.5 Å². The Morgan fingerprint density at radius 2 is 2.20 bits per heavy atom. The second kappa shape index (κ2) is 6.25. The number of benzene rings is 1. The van der Waals surface area contributed by atoms with Crippen LogP contribution in [0.2, 0.25) is 0 Å². The molecule has 1 heterocycles. The molecule has 0 aliphatic heterocycles. The monoisotopic (exact) mass is 291 g/mol. The Bertz CT molecular complexity index is 617. The van der Waals surface area contributed by atoms with E-state index in [9.17, 15) is 10.1 Å². The first-order chi connectivity index (χ1) is 9.58. The van der Waals surface area contributed by atoms with Crippen LogP contribution in [-0.4, -0.2) is 17.0 Å². The number of nitro benzene ring substituents is 1. The van der Waals surface area contributed by atoms with Gasteiger partial charge in [0.15, 0.2) is 0 Å². The number of nitrogens with two attached hydrogens (primary N) is 1. The summed E-state index contributed by atoms with van der Waals surface area (Å²) < 4.78 is 5.07. The summed E-state index contributed by atoms with van der Waals surface area (Å²) in [4.78, 5) is 15.4. The van der Waals surface area contributed by atoms with Crippen molar-refractivity contribution in [3.63, 3.8) is 0 Å². The molecule has 1 aromatic carbocycles. The molecule has 0 fully saturated rings. The SMILES string of the molecule is COc1cc(CSc2ccc(N)nc2)cc([N+](=O)[O-])c1. The Hall–Kier alpha value is -2.28. The molecule has 20 heavy (non-hydrogen) atoms. The Morgan fingerprint density at radius 3 is 2.80 bits per heavy atom. The third-order valence-electron chi connectivity index (χ3n) is 2.56. The van der Waals surface area contributed by atoms with E-state index in [0.29, 0.717) is 17.3 Å². The molecule has 2 rings (SSSR count). The molecule has 0 radical (unpaired) electrons. The molecule has 0 bridgehead atoms. The van der Waals surface area contributed by atoms with Gasteiger partial charge < -0.3 is 10.5 Å². The predicted octanol–water partition coefficient (Wildman–Crippen LogP) is 2.87. The third kappa shape index (κ3) is 3.61. The number of nitro groups is 1. The molecular formula is C13H13N3O3S. The predicted molar refractivity (Wildman–Crippen MR) is 77.9 cm³/mol. The van der Waals surface area contributed by atoms with Gasteiger partial charge in [0, 0.05) is 22.9 Å². The average Bonchev–Trinajstić information content (AvgIpc) is 2.46. The number of nitrogens with zero attached hydrogens (tertiary/aromatic N) is 2. The van der Waals surface area contributed by atoms with Crippen molar-refractivity contribution in [3.05, 3.63) is 52.2 Å². The third-order valence-corrected chi connectivity index (χ3v) is 3.61. The molecular weight excluding hydrogens is 278 g/mol. The van der Waals surface area contributed by atoms with Crippen LogP contribution < -0.4 is 10.5 Å². The van der Waals surface area contributed by atoms with Gasteiger partial charge in [-0.2, -0.15) is 0 Å². The number of nitrogen functional groups attached to an aromatic ring is 1. The Balaban J connectivity index is 2.14. The number of hydrogen-bond donors (Lipinski definition) is 1. The van der Waals surface area contributed by atoms with Gasteiger partial charge in [-0.05, 0) is 23.8 Å². The molecule has 1 aromatic heterocycles. The van der Waals surface area contributed by atoms with E-state index < -0.39 is 4.92 Å². The summed E-state index contributed by atoms with van der Waals surface area (Å²) in [5.74, 6) is 1.53. The normalized spacial score (nSPS) is 10.2. The molecule has 0 amide bonds. The second-order valence-electron chi connectivity index (χ2n) is 4.00. The van der Waals surface area contributed by atoms with Gasteiger partial charge in [-0.15, -0.1) is 11.8 Å². The van der Waals surface area contributed by atoms with Crippen LogP contribution in [0.25, 0.3) is 0 Å². The van der Waals surface area contributed by atoms with E-state index in [1.165, 1.54) is 24.9 Å². The molecule has 2 N–H and O–H groups in total. The van der Waals surface area contributed by atoms with Gasteiger partial charge in [-0.25, -0.2) is 4.98 Å². The number of methoxy groups -OCH3 is 1. The number of anilines is 1. The lowest BCUT2D eigenvalue weighted by Gasteiger charge is -2.05. The van der Waals surface area contributed by atoms with Gasteiger partial charge in [-0.3, -0.25) is 10.1 Å². The topological polar surface area (TPSA) is 91.3 Å². The van der Waals surface area contributed by atoms with Crippen LogP contribution in [0, 0.1) is 10.1 Å². The molecule has 7 heteroatoms. The summed E-state index contributed by atoms with van der Waals surface area (Å²) in [6.45, 7) is 0. The number of hydrogen-bond acceptors (Lipinski definition) is 6. The van der Waals surface area contributed by atoms with Crippen molar-refractivity contribution in [2.45, 2.75) is 10.6 Å². The number of ether oxygens (including phenoxy) is 1. The van der Waals surface area contributed by atoms with Crippen LogP contribution in [0.15, 0.2) is 41.4 Å².